The fourth-order valence-electron chi connectivity index (χ4n) is 2.20. The van der Waals surface area contributed by atoms with Gasteiger partial charge in [0.1, 0.15) is 12.4 Å². The summed E-state index contributed by atoms with van der Waals surface area (Å²) < 4.78 is 5.73. The second-order valence-corrected chi connectivity index (χ2v) is 5.40. The Morgan fingerprint density at radius 1 is 0.952 bits per heavy atom. The minimum atomic E-state index is -0.0428. The van der Waals surface area contributed by atoms with Crippen molar-refractivity contribution in [2.75, 3.05) is 13.2 Å². The fourth-order valence-corrected chi connectivity index (χ4v) is 2.20. The molecule has 0 aliphatic rings. The molecular weight excluding hydrogens is 262 g/mol. The van der Waals surface area contributed by atoms with Crippen molar-refractivity contribution in [3.05, 3.63) is 54.6 Å². The number of nitrogens with one attached hydrogen (secondary N) is 1. The van der Waals surface area contributed by atoms with E-state index < -0.39 is 0 Å². The fraction of sp³-hybridized carbons (Fsp3) is 0.333. The summed E-state index contributed by atoms with van der Waals surface area (Å²) in [5.41, 5.74) is 2.36. The smallest absolute Gasteiger partial charge is 0.119 e. The van der Waals surface area contributed by atoms with Crippen molar-refractivity contribution in [1.29, 1.82) is 0 Å². The van der Waals surface area contributed by atoms with E-state index >= 15 is 0 Å². The van der Waals surface area contributed by atoms with Crippen LogP contribution < -0.4 is 10.1 Å². The van der Waals surface area contributed by atoms with Crippen molar-refractivity contribution >= 4 is 0 Å². The lowest BCUT2D eigenvalue weighted by atomic mass is 10.1. The maximum atomic E-state index is 9.30. The van der Waals surface area contributed by atoms with Crippen LogP contribution in [0.2, 0.25) is 0 Å². The number of aliphatic hydroxyl groups excluding tert-OH is 1. The van der Waals surface area contributed by atoms with Gasteiger partial charge >= 0.3 is 0 Å². The number of hydrogen-bond donors (Lipinski definition) is 2. The van der Waals surface area contributed by atoms with E-state index in [1.54, 1.807) is 0 Å². The van der Waals surface area contributed by atoms with E-state index in [2.05, 4.69) is 43.4 Å². The van der Waals surface area contributed by atoms with Gasteiger partial charge in [-0.15, -0.1) is 0 Å². The van der Waals surface area contributed by atoms with Crippen LogP contribution in [-0.2, 0) is 0 Å². The summed E-state index contributed by atoms with van der Waals surface area (Å²) in [5.74, 6) is 0.818. The molecular formula is C18H23NO2. The van der Waals surface area contributed by atoms with Gasteiger partial charge in [-0.25, -0.2) is 0 Å². The number of rotatable bonds is 7. The molecule has 0 amide bonds. The minimum absolute atomic E-state index is 0.0428. The normalized spacial score (nSPS) is 12.4. The Bertz CT molecular complexity index is 523. The molecule has 0 fully saturated rings. The van der Waals surface area contributed by atoms with E-state index in [0.29, 0.717) is 12.6 Å². The van der Waals surface area contributed by atoms with Crippen LogP contribution in [0.1, 0.15) is 13.8 Å². The summed E-state index contributed by atoms with van der Waals surface area (Å²) >= 11 is 0. The maximum absolute atomic E-state index is 9.30. The second-order valence-electron chi connectivity index (χ2n) is 5.40. The highest BCUT2D eigenvalue weighted by Crippen LogP contribution is 2.22. The van der Waals surface area contributed by atoms with Crippen LogP contribution in [0.5, 0.6) is 5.75 Å². The van der Waals surface area contributed by atoms with Gasteiger partial charge in [0, 0.05) is 6.04 Å². The Kier molecular flexibility index (Phi) is 5.78. The number of benzene rings is 2. The molecule has 1 atom stereocenters. The zero-order valence-corrected chi connectivity index (χ0v) is 12.6. The summed E-state index contributed by atoms with van der Waals surface area (Å²) in [6.07, 6.45) is 0. The molecule has 0 aromatic heterocycles. The molecule has 0 aliphatic carbocycles. The molecule has 2 rings (SSSR count). The van der Waals surface area contributed by atoms with E-state index in [4.69, 9.17) is 4.74 Å². The van der Waals surface area contributed by atoms with Gasteiger partial charge < -0.3 is 15.2 Å². The van der Waals surface area contributed by atoms with Crippen LogP contribution in [0.25, 0.3) is 11.1 Å². The summed E-state index contributed by atoms with van der Waals surface area (Å²) in [6.45, 7) is 4.63. The van der Waals surface area contributed by atoms with Crippen molar-refractivity contribution in [3.8, 4) is 16.9 Å². The second kappa shape index (κ2) is 7.81. The Morgan fingerprint density at radius 3 is 2.14 bits per heavy atom. The largest absolute Gasteiger partial charge is 0.492 e. The topological polar surface area (TPSA) is 41.5 Å². The van der Waals surface area contributed by atoms with Crippen molar-refractivity contribution < 1.29 is 9.84 Å². The summed E-state index contributed by atoms with van der Waals surface area (Å²) in [7, 11) is 0. The highest BCUT2D eigenvalue weighted by atomic mass is 16.5. The highest BCUT2D eigenvalue weighted by Gasteiger charge is 2.09. The molecule has 0 radical (unpaired) electrons. The van der Waals surface area contributed by atoms with Crippen LogP contribution in [0.15, 0.2) is 54.6 Å². The number of aliphatic hydroxyl groups is 1. The first-order valence-corrected chi connectivity index (χ1v) is 7.34. The van der Waals surface area contributed by atoms with E-state index in [-0.39, 0.29) is 12.6 Å². The van der Waals surface area contributed by atoms with E-state index in [9.17, 15) is 5.11 Å². The third-order valence-electron chi connectivity index (χ3n) is 3.20. The Balaban J connectivity index is 1.93. The van der Waals surface area contributed by atoms with Gasteiger partial charge in [-0.05, 0) is 23.3 Å². The summed E-state index contributed by atoms with van der Waals surface area (Å²) in [4.78, 5) is 0. The van der Waals surface area contributed by atoms with Gasteiger partial charge in [0.15, 0.2) is 0 Å². The number of hydrogen-bond acceptors (Lipinski definition) is 3. The van der Waals surface area contributed by atoms with Crippen molar-refractivity contribution in [2.24, 2.45) is 0 Å². The molecule has 1 unspecified atom stereocenters. The van der Waals surface area contributed by atoms with E-state index in [1.165, 1.54) is 11.1 Å². The first-order valence-electron chi connectivity index (χ1n) is 7.34. The molecule has 2 aromatic rings. The molecule has 3 heteroatoms. The first kappa shape index (κ1) is 15.5. The third-order valence-corrected chi connectivity index (χ3v) is 3.20. The molecule has 0 spiro atoms. The summed E-state index contributed by atoms with van der Waals surface area (Å²) in [5, 5.41) is 12.6. The Labute approximate surface area is 126 Å². The van der Waals surface area contributed by atoms with Crippen LogP contribution in [0, 0.1) is 0 Å². The zero-order valence-electron chi connectivity index (χ0n) is 12.6. The molecule has 0 heterocycles. The third kappa shape index (κ3) is 4.88. The van der Waals surface area contributed by atoms with Crippen molar-refractivity contribution in [2.45, 2.75) is 25.9 Å². The monoisotopic (exact) mass is 285 g/mol. The lowest BCUT2D eigenvalue weighted by Gasteiger charge is -2.19. The van der Waals surface area contributed by atoms with Gasteiger partial charge in [-0.2, -0.15) is 0 Å². The van der Waals surface area contributed by atoms with Gasteiger partial charge in [0.25, 0.3) is 0 Å². The predicted octanol–water partition coefficient (Wildman–Crippen LogP) is 3.09. The lowest BCUT2D eigenvalue weighted by molar-refractivity contribution is 0.177. The first-order chi connectivity index (χ1) is 10.2. The van der Waals surface area contributed by atoms with E-state index in [1.807, 2.05) is 30.3 Å². The SMILES string of the molecule is CC(C)NC(CO)COc1ccc(-c2ccccc2)cc1. The van der Waals surface area contributed by atoms with Gasteiger partial charge in [0.2, 0.25) is 0 Å². The molecule has 2 aromatic carbocycles. The maximum Gasteiger partial charge on any atom is 0.119 e. The van der Waals surface area contributed by atoms with Gasteiger partial charge in [-0.3, -0.25) is 0 Å². The van der Waals surface area contributed by atoms with E-state index in [0.717, 1.165) is 5.75 Å². The van der Waals surface area contributed by atoms with Crippen LogP contribution in [-0.4, -0.2) is 30.4 Å². The van der Waals surface area contributed by atoms with Crippen LogP contribution >= 0.6 is 0 Å². The molecule has 3 nitrogen and oxygen atoms in total. The molecule has 0 aliphatic heterocycles. The average Bonchev–Trinajstić information content (AvgIpc) is 2.52. The predicted molar refractivity (Wildman–Crippen MR) is 86.5 cm³/mol. The molecule has 21 heavy (non-hydrogen) atoms. The average molecular weight is 285 g/mol. The minimum Gasteiger partial charge on any atom is -0.492 e. The Morgan fingerprint density at radius 2 is 1.57 bits per heavy atom. The van der Waals surface area contributed by atoms with Gasteiger partial charge in [-0.1, -0.05) is 56.3 Å². The van der Waals surface area contributed by atoms with Crippen molar-refractivity contribution in [1.82, 2.24) is 5.32 Å². The summed E-state index contributed by atoms with van der Waals surface area (Å²) in [6, 6.07) is 18.6. The molecule has 0 bridgehead atoms. The standard InChI is InChI=1S/C18H23NO2/c1-14(2)19-17(12-20)13-21-18-10-8-16(9-11-18)15-6-4-3-5-7-15/h3-11,14,17,19-20H,12-13H2,1-2H3. The molecule has 0 saturated carbocycles. The quantitative estimate of drug-likeness (QED) is 0.821. The lowest BCUT2D eigenvalue weighted by Crippen LogP contribution is -2.41. The highest BCUT2D eigenvalue weighted by molar-refractivity contribution is 5.63. The number of ether oxygens (including phenoxy) is 1. The molecule has 112 valence electrons. The van der Waals surface area contributed by atoms with Crippen LogP contribution in [0.3, 0.4) is 0 Å². The van der Waals surface area contributed by atoms with Gasteiger partial charge in [0.05, 0.1) is 12.6 Å². The molecule has 2 N–H and O–H groups in total. The Hall–Kier alpha value is -1.84. The zero-order chi connectivity index (χ0) is 15.1. The van der Waals surface area contributed by atoms with Crippen LogP contribution in [0.4, 0.5) is 0 Å². The molecule has 0 saturated heterocycles. The van der Waals surface area contributed by atoms with Crippen molar-refractivity contribution in [3.63, 3.8) is 0 Å².